The molecule has 2 heterocycles. The minimum atomic E-state index is 0.168. The Morgan fingerprint density at radius 3 is 2.45 bits per heavy atom. The predicted molar refractivity (Wildman–Crippen MR) is 109 cm³/mol. The molecule has 148 valence electrons. The molecule has 8 heteroatoms. The Balaban J connectivity index is 1.43. The lowest BCUT2D eigenvalue weighted by Crippen LogP contribution is -1.96. The predicted octanol–water partition coefficient (Wildman–Crippen LogP) is 4.76. The third kappa shape index (κ3) is 4.22. The molecule has 0 aliphatic rings. The molecule has 0 aliphatic heterocycles. The Bertz CT molecular complexity index is 1110. The van der Waals surface area contributed by atoms with Crippen LogP contribution in [0.15, 0.2) is 52.4 Å². The first-order chi connectivity index (χ1) is 14.2. The third-order valence-corrected chi connectivity index (χ3v) is 5.21. The van der Waals surface area contributed by atoms with Gasteiger partial charge in [-0.3, -0.25) is 0 Å². The molecular weight excluding hydrogens is 390 g/mol. The Hall–Kier alpha value is -3.39. The number of aromatic nitrogens is 3. The fourth-order valence-electron chi connectivity index (χ4n) is 2.73. The van der Waals surface area contributed by atoms with Gasteiger partial charge in [-0.2, -0.15) is 4.98 Å². The van der Waals surface area contributed by atoms with E-state index in [-0.39, 0.29) is 6.61 Å². The minimum absolute atomic E-state index is 0.168. The molecule has 4 aromatic rings. The molecule has 0 atom stereocenters. The normalized spacial score (nSPS) is 10.7. The van der Waals surface area contributed by atoms with E-state index in [0.717, 1.165) is 16.3 Å². The van der Waals surface area contributed by atoms with Gasteiger partial charge in [0.15, 0.2) is 6.61 Å². The molecule has 0 saturated carbocycles. The first-order valence-electron chi connectivity index (χ1n) is 8.86. The van der Waals surface area contributed by atoms with E-state index >= 15 is 0 Å². The molecule has 29 heavy (non-hydrogen) atoms. The van der Waals surface area contributed by atoms with Crippen molar-refractivity contribution in [2.75, 3.05) is 14.2 Å². The first-order valence-corrected chi connectivity index (χ1v) is 9.74. The van der Waals surface area contributed by atoms with Gasteiger partial charge in [0.25, 0.3) is 5.89 Å². The van der Waals surface area contributed by atoms with Gasteiger partial charge in [0, 0.05) is 22.7 Å². The third-order valence-electron chi connectivity index (χ3n) is 4.20. The molecule has 0 unspecified atom stereocenters. The smallest absolute Gasteiger partial charge is 0.264 e. The van der Waals surface area contributed by atoms with Gasteiger partial charge in [-0.1, -0.05) is 5.16 Å². The topological polar surface area (TPSA) is 79.5 Å². The van der Waals surface area contributed by atoms with E-state index in [0.29, 0.717) is 34.5 Å². The van der Waals surface area contributed by atoms with Gasteiger partial charge in [0.05, 0.1) is 19.8 Å². The number of thiazole rings is 1. The van der Waals surface area contributed by atoms with Gasteiger partial charge in [-0.05, 0) is 43.3 Å². The average molecular weight is 409 g/mol. The highest BCUT2D eigenvalue weighted by molar-refractivity contribution is 7.13. The molecular formula is C21H19N3O4S. The van der Waals surface area contributed by atoms with Crippen LogP contribution in [-0.4, -0.2) is 29.3 Å². The van der Waals surface area contributed by atoms with Crippen molar-refractivity contribution in [3.63, 3.8) is 0 Å². The largest absolute Gasteiger partial charge is 0.497 e. The van der Waals surface area contributed by atoms with Crippen molar-refractivity contribution in [3.8, 4) is 39.2 Å². The zero-order valence-electron chi connectivity index (χ0n) is 16.2. The zero-order chi connectivity index (χ0) is 20.2. The fraction of sp³-hybridized carbons (Fsp3) is 0.190. The summed E-state index contributed by atoms with van der Waals surface area (Å²) in [5, 5.41) is 7.05. The number of rotatable bonds is 7. The molecule has 2 aromatic heterocycles. The van der Waals surface area contributed by atoms with Crippen LogP contribution < -0.4 is 14.2 Å². The lowest BCUT2D eigenvalue weighted by molar-refractivity contribution is 0.243. The number of aryl methyl sites for hydroxylation is 1. The van der Waals surface area contributed by atoms with Crippen LogP contribution in [-0.2, 0) is 6.61 Å². The molecule has 0 amide bonds. The molecule has 7 nitrogen and oxygen atoms in total. The van der Waals surface area contributed by atoms with E-state index in [1.165, 1.54) is 0 Å². The van der Waals surface area contributed by atoms with Crippen LogP contribution in [0.1, 0.15) is 11.6 Å². The maximum Gasteiger partial charge on any atom is 0.264 e. The number of methoxy groups -OCH3 is 2. The Labute approximate surface area is 171 Å². The second-order valence-electron chi connectivity index (χ2n) is 6.19. The molecule has 0 saturated heterocycles. The van der Waals surface area contributed by atoms with Crippen LogP contribution in [0.2, 0.25) is 0 Å². The van der Waals surface area contributed by atoms with E-state index < -0.39 is 0 Å². The van der Waals surface area contributed by atoms with Crippen LogP contribution in [0, 0.1) is 6.92 Å². The van der Waals surface area contributed by atoms with E-state index in [1.54, 1.807) is 31.6 Å². The van der Waals surface area contributed by atoms with Gasteiger partial charge < -0.3 is 18.7 Å². The van der Waals surface area contributed by atoms with Crippen LogP contribution in [0.25, 0.3) is 22.0 Å². The van der Waals surface area contributed by atoms with Crippen LogP contribution in [0.4, 0.5) is 0 Å². The zero-order valence-corrected chi connectivity index (χ0v) is 17.0. The van der Waals surface area contributed by atoms with Crippen molar-refractivity contribution in [2.24, 2.45) is 0 Å². The van der Waals surface area contributed by atoms with Gasteiger partial charge in [-0.25, -0.2) is 4.98 Å². The van der Waals surface area contributed by atoms with Gasteiger partial charge >= 0.3 is 0 Å². The Kier molecular flexibility index (Phi) is 5.44. The summed E-state index contributed by atoms with van der Waals surface area (Å²) in [5.74, 6) is 2.80. The van der Waals surface area contributed by atoms with E-state index in [9.17, 15) is 0 Å². The molecule has 0 aliphatic carbocycles. The van der Waals surface area contributed by atoms with Crippen molar-refractivity contribution in [1.29, 1.82) is 0 Å². The van der Waals surface area contributed by atoms with E-state index in [4.69, 9.17) is 18.7 Å². The highest BCUT2D eigenvalue weighted by atomic mass is 32.1. The molecule has 4 rings (SSSR count). The van der Waals surface area contributed by atoms with Crippen molar-refractivity contribution in [3.05, 3.63) is 59.4 Å². The Morgan fingerprint density at radius 1 is 0.966 bits per heavy atom. The quantitative estimate of drug-likeness (QED) is 0.435. The fourth-order valence-corrected chi connectivity index (χ4v) is 3.54. The van der Waals surface area contributed by atoms with Crippen LogP contribution >= 0.6 is 11.3 Å². The summed E-state index contributed by atoms with van der Waals surface area (Å²) in [6.07, 6.45) is 0. The number of ether oxygens (including phenoxy) is 3. The van der Waals surface area contributed by atoms with Crippen molar-refractivity contribution in [2.45, 2.75) is 13.5 Å². The lowest BCUT2D eigenvalue weighted by Gasteiger charge is -2.07. The van der Waals surface area contributed by atoms with Crippen LogP contribution in [0.3, 0.4) is 0 Å². The van der Waals surface area contributed by atoms with Gasteiger partial charge in [0.1, 0.15) is 22.3 Å². The maximum atomic E-state index is 5.77. The lowest BCUT2D eigenvalue weighted by atomic mass is 10.2. The number of hydrogen-bond acceptors (Lipinski definition) is 8. The summed E-state index contributed by atoms with van der Waals surface area (Å²) in [7, 11) is 3.18. The summed E-state index contributed by atoms with van der Waals surface area (Å²) in [6, 6.07) is 13.2. The van der Waals surface area contributed by atoms with Gasteiger partial charge in [0.2, 0.25) is 5.82 Å². The Morgan fingerprint density at radius 2 is 1.76 bits per heavy atom. The second kappa shape index (κ2) is 8.32. The summed E-state index contributed by atoms with van der Waals surface area (Å²) in [6.45, 7) is 2.15. The SMILES string of the molecule is COc1ccc(-c2noc(COc3ccc(-c4nc(C)cs4)cc3)n2)c(OC)c1. The summed E-state index contributed by atoms with van der Waals surface area (Å²) < 4.78 is 21.7. The van der Waals surface area contributed by atoms with Crippen molar-refractivity contribution >= 4 is 11.3 Å². The van der Waals surface area contributed by atoms with Gasteiger partial charge in [-0.15, -0.1) is 11.3 Å². The molecule has 0 radical (unpaired) electrons. The molecule has 0 fully saturated rings. The summed E-state index contributed by atoms with van der Waals surface area (Å²) in [4.78, 5) is 8.88. The molecule has 2 aromatic carbocycles. The molecule has 0 bridgehead atoms. The number of hydrogen-bond donors (Lipinski definition) is 0. The molecule has 0 N–H and O–H groups in total. The van der Waals surface area contributed by atoms with E-state index in [2.05, 4.69) is 15.1 Å². The highest BCUT2D eigenvalue weighted by Crippen LogP contribution is 2.31. The van der Waals surface area contributed by atoms with Crippen molar-refractivity contribution in [1.82, 2.24) is 15.1 Å². The molecule has 0 spiro atoms. The number of benzene rings is 2. The second-order valence-corrected chi connectivity index (χ2v) is 7.04. The summed E-state index contributed by atoms with van der Waals surface area (Å²) >= 11 is 1.62. The highest BCUT2D eigenvalue weighted by Gasteiger charge is 2.15. The minimum Gasteiger partial charge on any atom is -0.497 e. The van der Waals surface area contributed by atoms with Crippen LogP contribution in [0.5, 0.6) is 17.2 Å². The maximum absolute atomic E-state index is 5.77. The summed E-state index contributed by atoms with van der Waals surface area (Å²) in [5.41, 5.74) is 2.79. The van der Waals surface area contributed by atoms with E-state index in [1.807, 2.05) is 48.7 Å². The standard InChI is InChI=1S/C21H19N3O4S/c1-13-12-29-21(22-13)14-4-6-15(7-5-14)27-11-19-23-20(24-28-19)17-9-8-16(25-2)10-18(17)26-3/h4-10,12H,11H2,1-3H3. The number of nitrogens with zero attached hydrogens (tertiary/aromatic N) is 3. The monoisotopic (exact) mass is 409 g/mol. The van der Waals surface area contributed by atoms with Crippen molar-refractivity contribution < 1.29 is 18.7 Å². The first kappa shape index (κ1) is 18.9. The average Bonchev–Trinajstić information content (AvgIpc) is 3.41.